The monoisotopic (exact) mass is 317 g/mol. The van der Waals surface area contributed by atoms with E-state index in [0.29, 0.717) is 4.90 Å². The van der Waals surface area contributed by atoms with Crippen molar-refractivity contribution in [2.75, 3.05) is 0 Å². The van der Waals surface area contributed by atoms with E-state index in [4.69, 9.17) is 0 Å². The first kappa shape index (κ1) is 13.1. The van der Waals surface area contributed by atoms with Gasteiger partial charge in [-0.25, -0.2) is 13.1 Å². The molecule has 1 aromatic rings. The van der Waals surface area contributed by atoms with Gasteiger partial charge in [0.05, 0.1) is 4.90 Å². The molecule has 0 aliphatic heterocycles. The SMILES string of the molecule is CCC1(NS(=O)(=O)c2cccc(Br)c2)CCC1. The maximum absolute atomic E-state index is 12.2. The molecule has 94 valence electrons. The van der Waals surface area contributed by atoms with Crippen molar-refractivity contribution in [3.8, 4) is 0 Å². The standard InChI is InChI=1S/C12H16BrNO2S/c1-2-12(7-4-8-12)14-17(15,16)11-6-3-5-10(13)9-11/h3,5-6,9,14H,2,4,7-8H2,1H3. The summed E-state index contributed by atoms with van der Waals surface area (Å²) in [5.41, 5.74) is -0.207. The Morgan fingerprint density at radius 1 is 1.41 bits per heavy atom. The Labute approximate surface area is 111 Å². The summed E-state index contributed by atoms with van der Waals surface area (Å²) < 4.78 is 28.1. The van der Waals surface area contributed by atoms with Gasteiger partial charge in [-0.05, 0) is 43.9 Å². The van der Waals surface area contributed by atoms with Crippen molar-refractivity contribution in [3.63, 3.8) is 0 Å². The van der Waals surface area contributed by atoms with E-state index in [1.54, 1.807) is 18.2 Å². The summed E-state index contributed by atoms with van der Waals surface area (Å²) >= 11 is 3.29. The minimum absolute atomic E-state index is 0.207. The minimum Gasteiger partial charge on any atom is -0.207 e. The molecule has 1 aliphatic rings. The average Bonchev–Trinajstić information content (AvgIpc) is 2.24. The van der Waals surface area contributed by atoms with Gasteiger partial charge in [0.25, 0.3) is 0 Å². The zero-order chi connectivity index (χ0) is 12.5. The van der Waals surface area contributed by atoms with Crippen molar-refractivity contribution in [1.29, 1.82) is 0 Å². The molecule has 0 heterocycles. The van der Waals surface area contributed by atoms with Crippen LogP contribution >= 0.6 is 15.9 Å². The van der Waals surface area contributed by atoms with Crippen LogP contribution in [0.25, 0.3) is 0 Å². The Balaban J connectivity index is 2.25. The molecule has 0 radical (unpaired) electrons. The van der Waals surface area contributed by atoms with E-state index < -0.39 is 10.0 Å². The van der Waals surface area contributed by atoms with Gasteiger partial charge < -0.3 is 0 Å². The molecule has 1 saturated carbocycles. The number of rotatable bonds is 4. The van der Waals surface area contributed by atoms with Crippen LogP contribution in [0.2, 0.25) is 0 Å². The molecule has 0 amide bonds. The maximum atomic E-state index is 12.2. The summed E-state index contributed by atoms with van der Waals surface area (Å²) in [4.78, 5) is 0.326. The van der Waals surface area contributed by atoms with Gasteiger partial charge in [0.1, 0.15) is 0 Å². The first-order valence-corrected chi connectivity index (χ1v) is 8.05. The van der Waals surface area contributed by atoms with E-state index in [9.17, 15) is 8.42 Å². The van der Waals surface area contributed by atoms with Gasteiger partial charge in [0.15, 0.2) is 0 Å². The molecule has 1 aromatic carbocycles. The van der Waals surface area contributed by atoms with Crippen LogP contribution in [0.4, 0.5) is 0 Å². The van der Waals surface area contributed by atoms with Crippen molar-refractivity contribution in [3.05, 3.63) is 28.7 Å². The number of halogens is 1. The van der Waals surface area contributed by atoms with Crippen molar-refractivity contribution < 1.29 is 8.42 Å². The van der Waals surface area contributed by atoms with E-state index in [0.717, 1.165) is 30.2 Å². The lowest BCUT2D eigenvalue weighted by Crippen LogP contribution is -2.52. The average molecular weight is 318 g/mol. The molecule has 3 nitrogen and oxygen atoms in total. The molecular formula is C12H16BrNO2S. The summed E-state index contributed by atoms with van der Waals surface area (Å²) in [7, 11) is -3.39. The van der Waals surface area contributed by atoms with Gasteiger partial charge in [0, 0.05) is 10.0 Å². The quantitative estimate of drug-likeness (QED) is 0.927. The Bertz CT molecular complexity index is 503. The minimum atomic E-state index is -3.39. The Morgan fingerprint density at radius 2 is 2.12 bits per heavy atom. The molecule has 1 aliphatic carbocycles. The van der Waals surface area contributed by atoms with Gasteiger partial charge in [-0.15, -0.1) is 0 Å². The van der Waals surface area contributed by atoms with E-state index >= 15 is 0 Å². The fraction of sp³-hybridized carbons (Fsp3) is 0.500. The molecule has 1 fully saturated rings. The van der Waals surface area contributed by atoms with Crippen LogP contribution in [0, 0.1) is 0 Å². The molecule has 0 spiro atoms. The molecule has 1 N–H and O–H groups in total. The van der Waals surface area contributed by atoms with Crippen LogP contribution in [0.5, 0.6) is 0 Å². The zero-order valence-electron chi connectivity index (χ0n) is 9.74. The van der Waals surface area contributed by atoms with Crippen LogP contribution in [0.3, 0.4) is 0 Å². The maximum Gasteiger partial charge on any atom is 0.241 e. The number of benzene rings is 1. The predicted octanol–water partition coefficient (Wildman–Crippen LogP) is 3.06. The van der Waals surface area contributed by atoms with Crippen molar-refractivity contribution >= 4 is 26.0 Å². The number of nitrogens with one attached hydrogen (secondary N) is 1. The summed E-state index contributed by atoms with van der Waals surface area (Å²) in [5.74, 6) is 0. The van der Waals surface area contributed by atoms with Crippen LogP contribution in [0.1, 0.15) is 32.6 Å². The first-order chi connectivity index (χ1) is 7.97. The molecule has 0 unspecified atom stereocenters. The fourth-order valence-electron chi connectivity index (χ4n) is 2.11. The first-order valence-electron chi connectivity index (χ1n) is 5.77. The Morgan fingerprint density at radius 3 is 2.59 bits per heavy atom. The molecule has 17 heavy (non-hydrogen) atoms. The highest BCUT2D eigenvalue weighted by Gasteiger charge is 2.38. The lowest BCUT2D eigenvalue weighted by atomic mass is 9.76. The second-order valence-electron chi connectivity index (χ2n) is 4.55. The van der Waals surface area contributed by atoms with Crippen LogP contribution in [-0.2, 0) is 10.0 Å². The number of hydrogen-bond donors (Lipinski definition) is 1. The number of hydrogen-bond acceptors (Lipinski definition) is 2. The molecule has 0 aromatic heterocycles. The summed E-state index contributed by atoms with van der Waals surface area (Å²) in [6.45, 7) is 2.03. The normalized spacial score (nSPS) is 18.7. The largest absolute Gasteiger partial charge is 0.241 e. The third kappa shape index (κ3) is 2.72. The molecular weight excluding hydrogens is 302 g/mol. The molecule has 0 atom stereocenters. The van der Waals surface area contributed by atoms with Crippen molar-refractivity contribution in [1.82, 2.24) is 4.72 Å². The third-order valence-corrected chi connectivity index (χ3v) is 5.51. The predicted molar refractivity (Wildman–Crippen MR) is 71.3 cm³/mol. The van der Waals surface area contributed by atoms with Gasteiger partial charge in [-0.3, -0.25) is 0 Å². The second kappa shape index (κ2) is 4.71. The van der Waals surface area contributed by atoms with E-state index in [1.807, 2.05) is 13.0 Å². The smallest absolute Gasteiger partial charge is 0.207 e. The van der Waals surface area contributed by atoms with E-state index in [1.165, 1.54) is 0 Å². The molecule has 5 heteroatoms. The Hall–Kier alpha value is -0.390. The van der Waals surface area contributed by atoms with Gasteiger partial charge in [-0.1, -0.05) is 28.9 Å². The van der Waals surface area contributed by atoms with Gasteiger partial charge in [0.2, 0.25) is 10.0 Å². The lowest BCUT2D eigenvalue weighted by Gasteiger charge is -2.41. The van der Waals surface area contributed by atoms with E-state index in [2.05, 4.69) is 20.7 Å². The van der Waals surface area contributed by atoms with Gasteiger partial charge in [-0.2, -0.15) is 0 Å². The molecule has 2 rings (SSSR count). The van der Waals surface area contributed by atoms with Crippen molar-refractivity contribution in [2.45, 2.75) is 43.0 Å². The van der Waals surface area contributed by atoms with Gasteiger partial charge >= 0.3 is 0 Å². The summed E-state index contributed by atoms with van der Waals surface area (Å²) in [5, 5.41) is 0. The highest BCUT2D eigenvalue weighted by atomic mass is 79.9. The fourth-order valence-corrected chi connectivity index (χ4v) is 4.24. The van der Waals surface area contributed by atoms with Crippen LogP contribution in [0.15, 0.2) is 33.6 Å². The van der Waals surface area contributed by atoms with Crippen LogP contribution < -0.4 is 4.72 Å². The summed E-state index contributed by atoms with van der Waals surface area (Å²) in [6, 6.07) is 6.80. The topological polar surface area (TPSA) is 46.2 Å². The third-order valence-electron chi connectivity index (χ3n) is 3.44. The molecule has 0 saturated heterocycles. The lowest BCUT2D eigenvalue weighted by molar-refractivity contribution is 0.214. The summed E-state index contributed by atoms with van der Waals surface area (Å²) in [6.07, 6.45) is 3.84. The van der Waals surface area contributed by atoms with Crippen LogP contribution in [-0.4, -0.2) is 14.0 Å². The zero-order valence-corrected chi connectivity index (χ0v) is 12.1. The van der Waals surface area contributed by atoms with E-state index in [-0.39, 0.29) is 5.54 Å². The number of sulfonamides is 1. The highest BCUT2D eigenvalue weighted by molar-refractivity contribution is 9.10. The second-order valence-corrected chi connectivity index (χ2v) is 7.15. The molecule has 0 bridgehead atoms. The Kier molecular flexibility index (Phi) is 3.61. The highest BCUT2D eigenvalue weighted by Crippen LogP contribution is 2.36. The van der Waals surface area contributed by atoms with Crippen molar-refractivity contribution in [2.24, 2.45) is 0 Å².